The Morgan fingerprint density at radius 3 is 2.33 bits per heavy atom. The molecule has 1 saturated carbocycles. The first kappa shape index (κ1) is 44.2. The molecule has 1 aliphatic heterocycles. The summed E-state index contributed by atoms with van der Waals surface area (Å²) in [6.07, 6.45) is 4.65. The molecule has 316 valence electrons. The van der Waals surface area contributed by atoms with Gasteiger partial charge >= 0.3 is 12.2 Å². The number of pyridine rings is 1. The predicted octanol–water partition coefficient (Wildman–Crippen LogP) is 6.77. The quantitative estimate of drug-likeness (QED) is 0.148. The van der Waals surface area contributed by atoms with Crippen LogP contribution in [0.25, 0.3) is 0 Å². The summed E-state index contributed by atoms with van der Waals surface area (Å²) in [5.74, 6) is -3.86. The number of rotatable bonds is 13. The highest BCUT2D eigenvalue weighted by molar-refractivity contribution is 5.79. The maximum absolute atomic E-state index is 14.0. The van der Waals surface area contributed by atoms with Crippen molar-refractivity contribution in [1.29, 1.82) is 0 Å². The van der Waals surface area contributed by atoms with E-state index in [-0.39, 0.29) is 44.3 Å². The number of carbonyl (C=O) groups is 3. The van der Waals surface area contributed by atoms with Gasteiger partial charge in [0, 0.05) is 63.2 Å². The molecule has 2 aromatic rings. The maximum Gasteiger partial charge on any atom is 0.410 e. The largest absolute Gasteiger partial charge is 0.444 e. The number of aromatic nitrogens is 1. The molecule has 14 heteroatoms. The van der Waals surface area contributed by atoms with Gasteiger partial charge in [0.25, 0.3) is 0 Å². The Morgan fingerprint density at radius 1 is 0.947 bits per heavy atom. The molecule has 0 radical (unpaired) electrons. The van der Waals surface area contributed by atoms with Crippen LogP contribution in [0.5, 0.6) is 0 Å². The number of β-amino-alcohol motifs (C(OH)–C–C–N with tert-alkyl or cyclic N) is 1. The summed E-state index contributed by atoms with van der Waals surface area (Å²) < 4.78 is 39.3. The number of unbranched alkanes of at least 4 members (excludes halogenated alkanes) is 1. The fourth-order valence-corrected chi connectivity index (χ4v) is 8.16. The Labute approximate surface area is 337 Å². The molecule has 12 nitrogen and oxygen atoms in total. The number of ether oxygens (including phenoxy) is 2. The van der Waals surface area contributed by atoms with E-state index in [1.807, 2.05) is 59.9 Å². The first-order valence-corrected chi connectivity index (χ1v) is 20.7. The molecule has 3 atom stereocenters. The zero-order valence-electron chi connectivity index (χ0n) is 34.7. The number of nitrogens with zero attached hydrogens (tertiary/aromatic N) is 4. The van der Waals surface area contributed by atoms with Crippen LogP contribution in [-0.2, 0) is 26.4 Å². The van der Waals surface area contributed by atoms with Crippen LogP contribution in [-0.4, -0.2) is 112 Å². The molecule has 3 N–H and O–H groups in total. The number of hydrogen-bond donors (Lipinski definition) is 3. The van der Waals surface area contributed by atoms with Crippen molar-refractivity contribution in [2.45, 2.75) is 134 Å². The average Bonchev–Trinajstić information content (AvgIpc) is 3.13. The number of amides is 3. The first-order valence-electron chi connectivity index (χ1n) is 20.7. The van der Waals surface area contributed by atoms with Crippen molar-refractivity contribution in [3.63, 3.8) is 0 Å². The van der Waals surface area contributed by atoms with E-state index in [1.54, 1.807) is 29.2 Å². The van der Waals surface area contributed by atoms with E-state index in [2.05, 4.69) is 26.5 Å². The van der Waals surface area contributed by atoms with Gasteiger partial charge < -0.3 is 30.1 Å². The van der Waals surface area contributed by atoms with E-state index in [9.17, 15) is 28.3 Å². The third-order valence-corrected chi connectivity index (χ3v) is 10.9. The van der Waals surface area contributed by atoms with Gasteiger partial charge in [-0.1, -0.05) is 36.4 Å². The van der Waals surface area contributed by atoms with Crippen molar-refractivity contribution >= 4 is 18.1 Å². The van der Waals surface area contributed by atoms with Gasteiger partial charge in [-0.2, -0.15) is 0 Å². The number of nitrogens with one attached hydrogen (secondary N) is 2. The molecule has 2 fully saturated rings. The number of aliphatic hydroxyl groups is 1. The number of benzene rings is 1. The molecule has 5 rings (SSSR count). The zero-order chi connectivity index (χ0) is 41.4. The van der Waals surface area contributed by atoms with E-state index in [0.717, 1.165) is 31.4 Å². The van der Waals surface area contributed by atoms with E-state index in [1.165, 1.54) is 5.56 Å². The molecule has 2 aliphatic carbocycles. The number of alkyl carbamates (subject to hydrolysis) is 1. The van der Waals surface area contributed by atoms with Crippen LogP contribution in [0.15, 0.2) is 48.7 Å². The minimum atomic E-state index is -2.78. The Hall–Kier alpha value is -3.88. The van der Waals surface area contributed by atoms with Crippen molar-refractivity contribution in [1.82, 2.24) is 30.3 Å². The Balaban J connectivity index is 1.38. The summed E-state index contributed by atoms with van der Waals surface area (Å²) in [7, 11) is 0. The van der Waals surface area contributed by atoms with Crippen LogP contribution in [0.3, 0.4) is 0 Å². The molecular weight excluding hydrogens is 735 g/mol. The molecule has 0 spiro atoms. The minimum Gasteiger partial charge on any atom is -0.444 e. The summed E-state index contributed by atoms with van der Waals surface area (Å²) >= 11 is 0. The lowest BCUT2D eigenvalue weighted by Gasteiger charge is -2.47. The molecule has 3 amide bonds. The van der Waals surface area contributed by atoms with Crippen molar-refractivity contribution in [2.24, 2.45) is 5.92 Å². The summed E-state index contributed by atoms with van der Waals surface area (Å²) in [5.41, 5.74) is -0.388. The molecule has 0 unspecified atom stereocenters. The van der Waals surface area contributed by atoms with Gasteiger partial charge in [0.15, 0.2) is 5.72 Å². The van der Waals surface area contributed by atoms with Gasteiger partial charge in [-0.15, -0.1) is 0 Å². The van der Waals surface area contributed by atoms with E-state index >= 15 is 0 Å². The van der Waals surface area contributed by atoms with Crippen LogP contribution in [0, 0.1) is 5.92 Å². The lowest BCUT2D eigenvalue weighted by Crippen LogP contribution is -2.63. The maximum atomic E-state index is 14.0. The number of piperazine rings is 1. The molecular formula is C43H64F2N6O6. The second-order valence-corrected chi connectivity index (χ2v) is 18.0. The van der Waals surface area contributed by atoms with Crippen LogP contribution in [0.1, 0.15) is 116 Å². The summed E-state index contributed by atoms with van der Waals surface area (Å²) in [6.45, 7) is 13.8. The molecule has 3 aliphatic rings. The summed E-state index contributed by atoms with van der Waals surface area (Å²) in [5, 5.41) is 18.1. The van der Waals surface area contributed by atoms with Gasteiger partial charge in [0.1, 0.15) is 11.2 Å². The second-order valence-electron chi connectivity index (χ2n) is 18.0. The van der Waals surface area contributed by atoms with Crippen molar-refractivity contribution in [2.75, 3.05) is 45.8 Å². The van der Waals surface area contributed by atoms with Crippen LogP contribution >= 0.6 is 0 Å². The van der Waals surface area contributed by atoms with Crippen molar-refractivity contribution in [3.05, 3.63) is 65.5 Å². The average molecular weight is 799 g/mol. The highest BCUT2D eigenvalue weighted by Crippen LogP contribution is 2.37. The number of halogens is 2. The zero-order valence-corrected chi connectivity index (χ0v) is 34.7. The number of fused-ring (bicyclic) bond motifs is 1. The van der Waals surface area contributed by atoms with Crippen LogP contribution < -0.4 is 10.6 Å². The van der Waals surface area contributed by atoms with Gasteiger partial charge in [0.05, 0.1) is 24.3 Å². The molecule has 1 saturated heterocycles. The Kier molecular flexibility index (Phi) is 14.6. The molecule has 2 heterocycles. The smallest absolute Gasteiger partial charge is 0.410 e. The Bertz CT molecular complexity index is 1640. The highest BCUT2D eigenvalue weighted by Gasteiger charge is 2.43. The van der Waals surface area contributed by atoms with Gasteiger partial charge in [0.2, 0.25) is 11.8 Å². The number of alkyl halides is 2. The number of carbonyl (C=O) groups excluding carboxylic acids is 3. The third-order valence-electron chi connectivity index (χ3n) is 10.9. The highest BCUT2D eigenvalue weighted by atomic mass is 19.3. The fourth-order valence-electron chi connectivity index (χ4n) is 8.16. The fraction of sp³-hybridized carbons (Fsp3) is 0.674. The second kappa shape index (κ2) is 18.8. The van der Waals surface area contributed by atoms with Crippen LogP contribution in [0.2, 0.25) is 0 Å². The monoisotopic (exact) mass is 798 g/mol. The van der Waals surface area contributed by atoms with Crippen LogP contribution in [0.4, 0.5) is 18.4 Å². The van der Waals surface area contributed by atoms with E-state index in [4.69, 9.17) is 14.5 Å². The van der Waals surface area contributed by atoms with Crippen molar-refractivity contribution in [3.8, 4) is 0 Å². The topological polar surface area (TPSA) is 137 Å². The third kappa shape index (κ3) is 13.1. The lowest BCUT2D eigenvalue weighted by molar-refractivity contribution is -0.139. The molecule has 1 aromatic heterocycles. The molecule has 57 heavy (non-hydrogen) atoms. The van der Waals surface area contributed by atoms with E-state index < -0.39 is 46.9 Å². The van der Waals surface area contributed by atoms with Gasteiger partial charge in [-0.3, -0.25) is 19.6 Å². The minimum absolute atomic E-state index is 0.00744. The summed E-state index contributed by atoms with van der Waals surface area (Å²) in [4.78, 5) is 50.9. The normalized spacial score (nSPS) is 21.6. The first-order chi connectivity index (χ1) is 26.8. The predicted molar refractivity (Wildman–Crippen MR) is 214 cm³/mol. The number of aryl methyl sites for hydroxylation is 1. The molecule has 0 bridgehead atoms. The van der Waals surface area contributed by atoms with E-state index in [0.29, 0.717) is 51.3 Å². The lowest BCUT2D eigenvalue weighted by atomic mass is 9.85. The standard InChI is InChI=1S/C43H64F2N6O6/c1-40(2,3)56-38(53)47-23-10-11-25-50(35-18-12-14-31-15-13-24-46-36(31)35)29-34-28-49(26-27-51(34)39(54)57-41(4,5)6)30-43(55,33-16-8-7-9-17-33)48-37(52)32-19-21-42(44,45)22-20-32/h7-9,13,15-17,24,32,34-35,55H,10-12,14,18-23,25-30H2,1-6H3,(H,47,53)(H,48,52)/t34-,35-,43-/m0/s1. The van der Waals surface area contributed by atoms with Crippen molar-refractivity contribution < 1.29 is 37.7 Å². The Morgan fingerprint density at radius 2 is 1.65 bits per heavy atom. The van der Waals surface area contributed by atoms with Gasteiger partial charge in [-0.25, -0.2) is 18.4 Å². The van der Waals surface area contributed by atoms with Gasteiger partial charge in [-0.05, 0) is 105 Å². The number of hydrogen-bond acceptors (Lipinski definition) is 9. The SMILES string of the molecule is CC(C)(C)OC(=O)NCCCCN(C[C@@H]1CN(C[C@@](O)(NC(=O)C2CCC(F)(F)CC2)c2ccccc2)CCN1C(=O)OC(C)(C)C)[C@H]1CCCc2cccnc21. The summed E-state index contributed by atoms with van der Waals surface area (Å²) in [6, 6.07) is 12.6. The molecule has 1 aromatic carbocycles.